The molecule has 136 valence electrons. The number of rotatable bonds is 6. The van der Waals surface area contributed by atoms with Gasteiger partial charge in [-0.1, -0.05) is 6.92 Å². The maximum atomic E-state index is 12.0. The number of sulfone groups is 1. The molecule has 2 heterocycles. The van der Waals surface area contributed by atoms with Crippen LogP contribution in [0.3, 0.4) is 0 Å². The van der Waals surface area contributed by atoms with Gasteiger partial charge in [0.1, 0.15) is 0 Å². The molecule has 0 amide bonds. The van der Waals surface area contributed by atoms with E-state index in [0.717, 1.165) is 0 Å². The summed E-state index contributed by atoms with van der Waals surface area (Å²) in [7, 11) is -1.58. The number of aryl methyl sites for hydroxylation is 2. The Kier molecular flexibility index (Phi) is 5.62. The van der Waals surface area contributed by atoms with Crippen LogP contribution in [0.2, 0.25) is 0 Å². The van der Waals surface area contributed by atoms with Gasteiger partial charge in [-0.3, -0.25) is 4.79 Å². The molecule has 0 aliphatic heterocycles. The molecule has 0 unspecified atom stereocenters. The van der Waals surface area contributed by atoms with Crippen LogP contribution < -0.4 is 10.3 Å². The van der Waals surface area contributed by atoms with Crippen molar-refractivity contribution >= 4 is 9.84 Å². The molecule has 2 rings (SSSR count). The van der Waals surface area contributed by atoms with Gasteiger partial charge in [0.15, 0.2) is 9.84 Å². The van der Waals surface area contributed by atoms with Gasteiger partial charge >= 0.3 is 6.01 Å². The van der Waals surface area contributed by atoms with Crippen LogP contribution in [0.15, 0.2) is 23.1 Å². The normalized spacial score (nSPS) is 11.8. The van der Waals surface area contributed by atoms with Crippen LogP contribution in [0, 0.1) is 6.92 Å². The van der Waals surface area contributed by atoms with Crippen molar-refractivity contribution in [2.75, 3.05) is 5.75 Å². The molecular weight excluding hydrogens is 342 g/mol. The van der Waals surface area contributed by atoms with E-state index in [1.165, 1.54) is 4.57 Å². The first-order chi connectivity index (χ1) is 11.6. The first kappa shape index (κ1) is 19.1. The zero-order valence-corrected chi connectivity index (χ0v) is 15.9. The lowest BCUT2D eigenvalue weighted by Gasteiger charge is -2.12. The molecule has 25 heavy (non-hydrogen) atoms. The number of hydrogen-bond acceptors (Lipinski definition) is 6. The van der Waals surface area contributed by atoms with E-state index in [4.69, 9.17) is 4.74 Å². The highest BCUT2D eigenvalue weighted by Crippen LogP contribution is 2.21. The second-order valence-electron chi connectivity index (χ2n) is 6.20. The lowest BCUT2D eigenvalue weighted by atomic mass is 10.1. The largest absolute Gasteiger partial charge is 0.461 e. The van der Waals surface area contributed by atoms with Crippen LogP contribution in [0.1, 0.15) is 32.0 Å². The molecule has 2 aromatic heterocycles. The van der Waals surface area contributed by atoms with Crippen molar-refractivity contribution < 1.29 is 13.2 Å². The van der Waals surface area contributed by atoms with Crippen molar-refractivity contribution in [3.8, 4) is 17.3 Å². The van der Waals surface area contributed by atoms with Crippen LogP contribution in [-0.4, -0.2) is 34.8 Å². The van der Waals surface area contributed by atoms with E-state index in [-0.39, 0.29) is 29.2 Å². The molecule has 0 N–H and O–H groups in total. The van der Waals surface area contributed by atoms with Crippen LogP contribution in [0.5, 0.6) is 6.01 Å². The van der Waals surface area contributed by atoms with Gasteiger partial charge in [0.25, 0.3) is 5.56 Å². The quantitative estimate of drug-likeness (QED) is 0.776. The smallest absolute Gasteiger partial charge is 0.317 e. The summed E-state index contributed by atoms with van der Waals surface area (Å²) in [5.41, 5.74) is 2.07. The molecule has 0 aromatic carbocycles. The molecule has 0 radical (unpaired) electrons. The SMILES string of the molecule is CCS(=O)(=O)Cc1cc(-c2cc(C)c(=O)n(C)c2)nc(OC(C)C)n1. The Morgan fingerprint density at radius 1 is 1.24 bits per heavy atom. The predicted octanol–water partition coefficient (Wildman–Crippen LogP) is 1.87. The highest BCUT2D eigenvalue weighted by Gasteiger charge is 2.15. The zero-order chi connectivity index (χ0) is 18.8. The summed E-state index contributed by atoms with van der Waals surface area (Å²) in [6, 6.07) is 3.47. The van der Waals surface area contributed by atoms with Gasteiger partial charge in [0, 0.05) is 30.1 Å². The summed E-state index contributed by atoms with van der Waals surface area (Å²) in [6.07, 6.45) is 1.52. The molecule has 8 heteroatoms. The van der Waals surface area contributed by atoms with E-state index in [9.17, 15) is 13.2 Å². The summed E-state index contributed by atoms with van der Waals surface area (Å²) in [4.78, 5) is 20.5. The van der Waals surface area contributed by atoms with Gasteiger partial charge in [-0.25, -0.2) is 8.42 Å². The van der Waals surface area contributed by atoms with Crippen molar-refractivity contribution in [1.29, 1.82) is 0 Å². The van der Waals surface area contributed by atoms with Crippen molar-refractivity contribution in [3.05, 3.63) is 39.9 Å². The van der Waals surface area contributed by atoms with E-state index in [0.29, 0.717) is 22.5 Å². The number of nitrogens with zero attached hydrogens (tertiary/aromatic N) is 3. The third-order valence-corrected chi connectivity index (χ3v) is 5.18. The fourth-order valence-electron chi connectivity index (χ4n) is 2.30. The number of ether oxygens (including phenoxy) is 1. The van der Waals surface area contributed by atoms with Crippen LogP contribution >= 0.6 is 0 Å². The van der Waals surface area contributed by atoms with Gasteiger partial charge in [-0.2, -0.15) is 9.97 Å². The van der Waals surface area contributed by atoms with Gasteiger partial charge in [-0.15, -0.1) is 0 Å². The second-order valence-corrected chi connectivity index (χ2v) is 8.55. The van der Waals surface area contributed by atoms with Gasteiger partial charge < -0.3 is 9.30 Å². The molecule has 7 nitrogen and oxygen atoms in total. The van der Waals surface area contributed by atoms with Crippen LogP contribution in [-0.2, 0) is 22.6 Å². The van der Waals surface area contributed by atoms with Crippen molar-refractivity contribution in [3.63, 3.8) is 0 Å². The maximum Gasteiger partial charge on any atom is 0.317 e. The summed E-state index contributed by atoms with van der Waals surface area (Å²) in [5, 5.41) is 0. The van der Waals surface area contributed by atoms with Crippen molar-refractivity contribution in [1.82, 2.24) is 14.5 Å². The van der Waals surface area contributed by atoms with E-state index in [1.54, 1.807) is 39.2 Å². The van der Waals surface area contributed by atoms with Crippen molar-refractivity contribution in [2.45, 2.75) is 39.6 Å². The third-order valence-electron chi connectivity index (χ3n) is 3.57. The Hall–Kier alpha value is -2.22. The Balaban J connectivity index is 2.58. The maximum absolute atomic E-state index is 12.0. The number of aromatic nitrogens is 3. The molecule has 0 saturated heterocycles. The molecule has 0 fully saturated rings. The number of pyridine rings is 1. The van der Waals surface area contributed by atoms with Crippen LogP contribution in [0.4, 0.5) is 0 Å². The third kappa shape index (κ3) is 4.88. The molecule has 0 spiro atoms. The molecule has 0 bridgehead atoms. The van der Waals surface area contributed by atoms with E-state index in [2.05, 4.69) is 9.97 Å². The number of hydrogen-bond donors (Lipinski definition) is 0. The molecule has 0 aliphatic carbocycles. The first-order valence-corrected chi connectivity index (χ1v) is 9.86. The molecule has 0 atom stereocenters. The second kappa shape index (κ2) is 7.35. The standard InChI is InChI=1S/C17H23N3O4S/c1-6-25(22,23)10-14-8-15(19-17(18-14)24-11(2)3)13-7-12(4)16(21)20(5)9-13/h7-9,11H,6,10H2,1-5H3. The minimum Gasteiger partial charge on any atom is -0.461 e. The fraction of sp³-hybridized carbons (Fsp3) is 0.471. The molecule has 2 aromatic rings. The monoisotopic (exact) mass is 365 g/mol. The average Bonchev–Trinajstić information content (AvgIpc) is 2.50. The Bertz CT molecular complexity index is 907. The minimum absolute atomic E-state index is 0.0334. The topological polar surface area (TPSA) is 91.2 Å². The Morgan fingerprint density at radius 2 is 1.92 bits per heavy atom. The Morgan fingerprint density at radius 3 is 2.48 bits per heavy atom. The molecular formula is C17H23N3O4S. The fourth-order valence-corrected chi connectivity index (χ4v) is 3.11. The van der Waals surface area contributed by atoms with E-state index >= 15 is 0 Å². The van der Waals surface area contributed by atoms with Gasteiger partial charge in [0.05, 0.1) is 23.2 Å². The summed E-state index contributed by atoms with van der Waals surface area (Å²) in [5.74, 6) is -0.149. The molecule has 0 saturated carbocycles. The summed E-state index contributed by atoms with van der Waals surface area (Å²) < 4.78 is 30.9. The van der Waals surface area contributed by atoms with Crippen LogP contribution in [0.25, 0.3) is 11.3 Å². The summed E-state index contributed by atoms with van der Waals surface area (Å²) in [6.45, 7) is 7.00. The minimum atomic E-state index is -3.24. The van der Waals surface area contributed by atoms with Gasteiger partial charge in [0.2, 0.25) is 0 Å². The Labute approximate surface area is 147 Å². The first-order valence-electron chi connectivity index (χ1n) is 8.04. The average molecular weight is 365 g/mol. The highest BCUT2D eigenvalue weighted by atomic mass is 32.2. The zero-order valence-electron chi connectivity index (χ0n) is 15.1. The highest BCUT2D eigenvalue weighted by molar-refractivity contribution is 7.90. The predicted molar refractivity (Wildman–Crippen MR) is 96.4 cm³/mol. The molecule has 0 aliphatic rings. The lowest BCUT2D eigenvalue weighted by molar-refractivity contribution is 0.222. The lowest BCUT2D eigenvalue weighted by Crippen LogP contribution is -2.18. The summed E-state index contributed by atoms with van der Waals surface area (Å²) >= 11 is 0. The van der Waals surface area contributed by atoms with E-state index < -0.39 is 9.84 Å². The van der Waals surface area contributed by atoms with Crippen molar-refractivity contribution in [2.24, 2.45) is 7.05 Å². The van der Waals surface area contributed by atoms with E-state index in [1.807, 2.05) is 13.8 Å². The van der Waals surface area contributed by atoms with Gasteiger partial charge in [-0.05, 0) is 32.9 Å².